The minimum Gasteiger partial charge on any atom is -0.493 e. The van der Waals surface area contributed by atoms with Crippen molar-refractivity contribution >= 4 is 27.1 Å². The van der Waals surface area contributed by atoms with Gasteiger partial charge in [-0.05, 0) is 41.8 Å². The van der Waals surface area contributed by atoms with Gasteiger partial charge >= 0.3 is 0 Å². The molecule has 0 aliphatic rings. The zero-order valence-electron chi connectivity index (χ0n) is 14.0. The summed E-state index contributed by atoms with van der Waals surface area (Å²) >= 11 is 2.18. The van der Waals surface area contributed by atoms with Crippen LogP contribution in [-0.4, -0.2) is 43.5 Å². The molecule has 1 unspecified atom stereocenters. The lowest BCUT2D eigenvalue weighted by Gasteiger charge is -2.13. The zero-order valence-corrected chi connectivity index (χ0v) is 16.4. The number of aryl methyl sites for hydroxylation is 1. The maximum absolute atomic E-state index is 12.3. The second kappa shape index (κ2) is 8.75. The summed E-state index contributed by atoms with van der Waals surface area (Å²) in [5.41, 5.74) is 2.47. The van der Waals surface area contributed by atoms with Crippen LogP contribution >= 0.6 is 15.9 Å². The van der Waals surface area contributed by atoms with Gasteiger partial charge in [0.25, 0.3) is 0 Å². The quantitative estimate of drug-likeness (QED) is 0.672. The molecule has 1 aromatic carbocycles. The maximum Gasteiger partial charge on any atom is 0.219 e. The van der Waals surface area contributed by atoms with Gasteiger partial charge in [-0.3, -0.25) is 0 Å². The summed E-state index contributed by atoms with van der Waals surface area (Å²) in [6, 6.07) is 7.43. The Bertz CT molecular complexity index is 719. The average Bonchev–Trinajstić information content (AvgIpc) is 2.86. The Morgan fingerprint density at radius 1 is 1.38 bits per heavy atom. The molecule has 8 heteroatoms. The Labute approximate surface area is 153 Å². The molecule has 0 saturated carbocycles. The van der Waals surface area contributed by atoms with Crippen LogP contribution in [0.4, 0.5) is 0 Å². The fraction of sp³-hybridized carbons (Fsp3) is 0.438. The Balaban J connectivity index is 2.01. The predicted molar refractivity (Wildman–Crippen MR) is 98.1 cm³/mol. The van der Waals surface area contributed by atoms with E-state index in [1.165, 1.54) is 0 Å². The van der Waals surface area contributed by atoms with Crippen LogP contribution in [0.1, 0.15) is 23.4 Å². The number of para-hydroxylation sites is 1. The van der Waals surface area contributed by atoms with Crippen molar-refractivity contribution in [3.05, 3.63) is 45.7 Å². The first-order valence-electron chi connectivity index (χ1n) is 7.61. The summed E-state index contributed by atoms with van der Waals surface area (Å²) in [5, 5.41) is 13.7. The molecule has 0 aliphatic heterocycles. The number of hydrogen-bond acceptors (Lipinski definition) is 4. The van der Waals surface area contributed by atoms with Gasteiger partial charge in [0.15, 0.2) is 0 Å². The second-order valence-electron chi connectivity index (χ2n) is 5.48. The molecule has 0 saturated heterocycles. The van der Waals surface area contributed by atoms with Gasteiger partial charge in [-0.15, -0.1) is 0 Å². The molecule has 0 radical (unpaired) electrons. The first-order chi connectivity index (χ1) is 11.5. The van der Waals surface area contributed by atoms with E-state index in [0.29, 0.717) is 18.8 Å². The van der Waals surface area contributed by atoms with E-state index in [2.05, 4.69) is 21.0 Å². The molecular formula is C16H22BrN3O3S. The third-order valence-electron chi connectivity index (χ3n) is 3.46. The van der Waals surface area contributed by atoms with Crippen LogP contribution in [0.25, 0.3) is 0 Å². The molecule has 0 fully saturated rings. The Kier molecular flexibility index (Phi) is 6.97. The molecule has 1 atom stereocenters. The zero-order chi connectivity index (χ0) is 17.7. The molecule has 24 heavy (non-hydrogen) atoms. The molecule has 0 aliphatic carbocycles. The molecule has 2 aromatic rings. The van der Waals surface area contributed by atoms with E-state index in [4.69, 9.17) is 4.74 Å². The number of aromatic nitrogens is 2. The van der Waals surface area contributed by atoms with Crippen molar-refractivity contribution in [2.45, 2.75) is 26.4 Å². The van der Waals surface area contributed by atoms with Crippen LogP contribution in [0, 0.1) is 6.92 Å². The van der Waals surface area contributed by atoms with Crippen LogP contribution in [0.15, 0.2) is 28.7 Å². The minimum atomic E-state index is -1.35. The van der Waals surface area contributed by atoms with E-state index in [1.54, 1.807) is 22.5 Å². The van der Waals surface area contributed by atoms with Crippen molar-refractivity contribution in [1.29, 1.82) is 0 Å². The van der Waals surface area contributed by atoms with Crippen LogP contribution in [0.5, 0.6) is 5.75 Å². The van der Waals surface area contributed by atoms with E-state index in [9.17, 15) is 9.32 Å². The summed E-state index contributed by atoms with van der Waals surface area (Å²) < 4.78 is 22.1. The van der Waals surface area contributed by atoms with Crippen LogP contribution in [0.2, 0.25) is 0 Å². The molecule has 0 amide bonds. The lowest BCUT2D eigenvalue weighted by Crippen LogP contribution is -2.24. The minimum absolute atomic E-state index is 0.0461. The fourth-order valence-corrected chi connectivity index (χ4v) is 3.66. The lowest BCUT2D eigenvalue weighted by molar-refractivity contribution is 0.261. The molecule has 1 heterocycles. The van der Waals surface area contributed by atoms with E-state index in [0.717, 1.165) is 27.8 Å². The topological polar surface area (TPSA) is 67.6 Å². The Morgan fingerprint density at radius 2 is 2.08 bits per heavy atom. The van der Waals surface area contributed by atoms with Crippen molar-refractivity contribution < 1.29 is 14.1 Å². The highest BCUT2D eigenvalue weighted by Gasteiger charge is 2.18. The fourth-order valence-electron chi connectivity index (χ4n) is 2.22. The third kappa shape index (κ3) is 4.44. The normalized spacial score (nSPS) is 12.6. The highest BCUT2D eigenvalue weighted by atomic mass is 79.9. The summed E-state index contributed by atoms with van der Waals surface area (Å²) in [7, 11) is 3.50. The number of hydrogen-bond donors (Lipinski definition) is 1. The summed E-state index contributed by atoms with van der Waals surface area (Å²) in [6.45, 7) is 2.34. The summed E-state index contributed by atoms with van der Waals surface area (Å²) in [6.07, 6.45) is 1.43. The predicted octanol–water partition coefficient (Wildman–Crippen LogP) is 2.45. The van der Waals surface area contributed by atoms with Gasteiger partial charge < -0.3 is 9.84 Å². The van der Waals surface area contributed by atoms with Crippen molar-refractivity contribution in [3.63, 3.8) is 0 Å². The van der Waals surface area contributed by atoms with E-state index < -0.39 is 11.2 Å². The van der Waals surface area contributed by atoms with E-state index >= 15 is 0 Å². The lowest BCUT2D eigenvalue weighted by atomic mass is 10.2. The maximum atomic E-state index is 12.3. The second-order valence-corrected chi connectivity index (χ2v) is 7.81. The smallest absolute Gasteiger partial charge is 0.219 e. The monoisotopic (exact) mass is 415 g/mol. The van der Waals surface area contributed by atoms with E-state index in [-0.39, 0.29) is 6.61 Å². The van der Waals surface area contributed by atoms with Gasteiger partial charge in [-0.25, -0.2) is 8.51 Å². The van der Waals surface area contributed by atoms with Crippen LogP contribution in [-0.2, 0) is 24.2 Å². The van der Waals surface area contributed by atoms with Gasteiger partial charge in [0.2, 0.25) is 11.2 Å². The van der Waals surface area contributed by atoms with Crippen LogP contribution < -0.4 is 4.74 Å². The number of aliphatic hydroxyl groups is 1. The van der Waals surface area contributed by atoms with Crippen molar-refractivity contribution in [3.8, 4) is 5.75 Å². The number of halogens is 1. The van der Waals surface area contributed by atoms with Crippen LogP contribution in [0.3, 0.4) is 0 Å². The number of aliphatic hydroxyl groups excluding tert-OH is 1. The molecule has 1 N–H and O–H groups in total. The highest BCUT2D eigenvalue weighted by molar-refractivity contribution is 9.10. The molecule has 2 rings (SSSR count). The third-order valence-corrected chi connectivity index (χ3v) is 5.72. The SMILES string of the molecule is Cc1nn(S(=O)N(C)C)c(CCCOc2ccccc2CO)c1Br. The number of ether oxygens (including phenoxy) is 1. The van der Waals surface area contributed by atoms with Gasteiger partial charge in [0.05, 0.1) is 29.1 Å². The molecule has 1 aromatic heterocycles. The first-order valence-corrected chi connectivity index (χ1v) is 9.46. The highest BCUT2D eigenvalue weighted by Crippen LogP contribution is 2.24. The van der Waals surface area contributed by atoms with Gasteiger partial charge in [0.1, 0.15) is 5.75 Å². The van der Waals surface area contributed by atoms with Crippen molar-refractivity contribution in [2.75, 3.05) is 20.7 Å². The first kappa shape index (κ1) is 19.1. The van der Waals surface area contributed by atoms with Crippen molar-refractivity contribution in [2.24, 2.45) is 0 Å². The van der Waals surface area contributed by atoms with Crippen molar-refractivity contribution in [1.82, 2.24) is 13.5 Å². The van der Waals surface area contributed by atoms with E-state index in [1.807, 2.05) is 31.2 Å². The molecular weight excluding hydrogens is 394 g/mol. The summed E-state index contributed by atoms with van der Waals surface area (Å²) in [5.74, 6) is 0.695. The largest absolute Gasteiger partial charge is 0.493 e. The average molecular weight is 416 g/mol. The number of nitrogens with zero attached hydrogens (tertiary/aromatic N) is 3. The van der Waals surface area contributed by atoms with Gasteiger partial charge in [0, 0.05) is 19.7 Å². The Hall–Kier alpha value is -1.22. The summed E-state index contributed by atoms with van der Waals surface area (Å²) in [4.78, 5) is 0. The Morgan fingerprint density at radius 3 is 2.75 bits per heavy atom. The number of rotatable bonds is 8. The molecule has 0 bridgehead atoms. The molecule has 0 spiro atoms. The van der Waals surface area contributed by atoms with Gasteiger partial charge in [-0.2, -0.15) is 9.19 Å². The molecule has 132 valence electrons. The number of benzene rings is 1. The molecule has 6 nitrogen and oxygen atoms in total. The standard InChI is InChI=1S/C16H22BrN3O3S/c1-12-16(17)14(20(18-12)24(22)19(2)3)8-6-10-23-15-9-5-4-7-13(15)11-21/h4-5,7,9,21H,6,8,10-11H2,1-3H3. The van der Waals surface area contributed by atoms with Gasteiger partial charge in [-0.1, -0.05) is 18.2 Å².